The van der Waals surface area contributed by atoms with E-state index in [1.807, 2.05) is 43.0 Å². The average molecular weight is 381 g/mol. The lowest BCUT2D eigenvalue weighted by Crippen LogP contribution is -2.33. The zero-order valence-corrected chi connectivity index (χ0v) is 15.6. The number of hydrogen-bond acceptors (Lipinski definition) is 6. The Morgan fingerprint density at radius 1 is 1.27 bits per heavy atom. The van der Waals surface area contributed by atoms with E-state index in [2.05, 4.69) is 9.88 Å². The summed E-state index contributed by atoms with van der Waals surface area (Å²) < 4.78 is 5.53. The Kier molecular flexibility index (Phi) is 8.37. The average Bonchev–Trinajstić information content (AvgIpc) is 2.64. The van der Waals surface area contributed by atoms with Crippen LogP contribution in [0.5, 0.6) is 5.75 Å². The molecular formula is C18H28N4O3S. The van der Waals surface area contributed by atoms with E-state index in [-0.39, 0.29) is 12.4 Å². The molecule has 7 N–H and O–H groups in total. The summed E-state index contributed by atoms with van der Waals surface area (Å²) in [7, 11) is 0. The van der Waals surface area contributed by atoms with E-state index in [1.54, 1.807) is 12.3 Å². The number of hydrogen-bond donors (Lipinski definition) is 2. The minimum Gasteiger partial charge on any atom is -0.494 e. The minimum atomic E-state index is 0. The number of benzene rings is 1. The zero-order chi connectivity index (χ0) is 16.9. The third kappa shape index (κ3) is 4.87. The second-order valence-corrected chi connectivity index (χ2v) is 6.78. The minimum absolute atomic E-state index is 0. The number of rotatable bonds is 5. The maximum absolute atomic E-state index is 8.57. The fraction of sp³-hybridized carbons (Fsp3) is 0.333. The Morgan fingerprint density at radius 2 is 2.00 bits per heavy atom. The molecule has 144 valence electrons. The van der Waals surface area contributed by atoms with Crippen molar-refractivity contribution in [2.45, 2.75) is 6.92 Å². The largest absolute Gasteiger partial charge is 0.494 e. The molecule has 0 unspecified atom stereocenters. The van der Waals surface area contributed by atoms with Crippen molar-refractivity contribution in [1.29, 1.82) is 5.41 Å². The van der Waals surface area contributed by atoms with Crippen molar-refractivity contribution in [3.8, 4) is 5.75 Å². The van der Waals surface area contributed by atoms with Gasteiger partial charge in [0.25, 0.3) is 0 Å². The molecule has 8 heteroatoms. The summed E-state index contributed by atoms with van der Waals surface area (Å²) in [6.07, 6.45) is 1.77. The molecule has 0 aliphatic carbocycles. The lowest BCUT2D eigenvalue weighted by molar-refractivity contribution is 0.340. The fourth-order valence-electron chi connectivity index (χ4n) is 2.70. The van der Waals surface area contributed by atoms with Crippen LogP contribution in [0.2, 0.25) is 0 Å². The number of nitrogen functional groups attached to an aromatic ring is 1. The van der Waals surface area contributed by atoms with Gasteiger partial charge >= 0.3 is 0 Å². The van der Waals surface area contributed by atoms with Gasteiger partial charge in [-0.2, -0.15) is 11.8 Å². The van der Waals surface area contributed by atoms with E-state index in [1.165, 1.54) is 0 Å². The normalized spacial score (nSPS) is 13.3. The van der Waals surface area contributed by atoms with Gasteiger partial charge < -0.3 is 26.3 Å². The molecule has 1 aromatic heterocycles. The molecule has 3 rings (SSSR count). The van der Waals surface area contributed by atoms with Gasteiger partial charge in [0, 0.05) is 49.0 Å². The number of anilines is 2. The summed E-state index contributed by atoms with van der Waals surface area (Å²) in [6.45, 7) is 4.52. The van der Waals surface area contributed by atoms with Crippen LogP contribution in [0.15, 0.2) is 36.5 Å². The highest BCUT2D eigenvalue weighted by molar-refractivity contribution is 7.99. The molecule has 1 aliphatic heterocycles. The van der Waals surface area contributed by atoms with Crippen LogP contribution in [0.3, 0.4) is 0 Å². The molecule has 1 saturated heterocycles. The van der Waals surface area contributed by atoms with E-state index < -0.39 is 0 Å². The van der Waals surface area contributed by atoms with Crippen molar-refractivity contribution in [3.05, 3.63) is 47.7 Å². The Bertz CT molecular complexity index is 742. The number of thioether (sulfide) groups is 1. The first-order valence-corrected chi connectivity index (χ1v) is 9.25. The number of ether oxygens (including phenoxy) is 1. The van der Waals surface area contributed by atoms with Gasteiger partial charge in [-0.05, 0) is 37.3 Å². The summed E-state index contributed by atoms with van der Waals surface area (Å²) in [4.78, 5) is 6.74. The second-order valence-electron chi connectivity index (χ2n) is 5.56. The van der Waals surface area contributed by atoms with Crippen molar-refractivity contribution < 1.29 is 17.1 Å². The number of pyridine rings is 1. The maximum atomic E-state index is 8.57. The van der Waals surface area contributed by atoms with Crippen molar-refractivity contribution in [3.63, 3.8) is 0 Å². The highest BCUT2D eigenvalue weighted by atomic mass is 32.2. The van der Waals surface area contributed by atoms with Gasteiger partial charge in [0.2, 0.25) is 0 Å². The quantitative estimate of drug-likeness (QED) is 0.599. The standard InChI is InChI=1S/C18H22N4OS.2H2O.H2/c1-2-23-14-3-4-16(19)15(12-14)18(20)13-5-6-21-17(11-13)22-7-9-24-10-8-22;;;/h3-6,11-12,20H,2,7-10,19H2,1H3;2*1H2;1H. The van der Waals surface area contributed by atoms with Gasteiger partial charge in [0.1, 0.15) is 11.6 Å². The third-order valence-electron chi connectivity index (χ3n) is 3.97. The topological polar surface area (TPSA) is 138 Å². The van der Waals surface area contributed by atoms with E-state index >= 15 is 0 Å². The van der Waals surface area contributed by atoms with Crippen molar-refractivity contribution in [2.24, 2.45) is 0 Å². The van der Waals surface area contributed by atoms with Crippen LogP contribution in [-0.4, -0.2) is 52.9 Å². The molecule has 0 saturated carbocycles. The molecule has 7 nitrogen and oxygen atoms in total. The zero-order valence-electron chi connectivity index (χ0n) is 14.8. The summed E-state index contributed by atoms with van der Waals surface area (Å²) in [5, 5.41) is 8.57. The molecule has 1 aliphatic rings. The molecule has 0 atom stereocenters. The second kappa shape index (κ2) is 10.0. The van der Waals surface area contributed by atoms with Gasteiger partial charge in [-0.15, -0.1) is 0 Å². The Labute approximate surface area is 159 Å². The van der Waals surface area contributed by atoms with Crippen molar-refractivity contribution >= 4 is 29.0 Å². The van der Waals surface area contributed by atoms with Crippen LogP contribution < -0.4 is 15.4 Å². The molecule has 1 aromatic carbocycles. The molecule has 0 bridgehead atoms. The molecule has 0 amide bonds. The highest BCUT2D eigenvalue weighted by Gasteiger charge is 2.15. The van der Waals surface area contributed by atoms with Crippen LogP contribution in [0.4, 0.5) is 11.5 Å². The van der Waals surface area contributed by atoms with Crippen LogP contribution in [0, 0.1) is 5.41 Å². The summed E-state index contributed by atoms with van der Waals surface area (Å²) in [5.74, 6) is 3.89. The Morgan fingerprint density at radius 3 is 2.69 bits per heavy atom. The predicted molar refractivity (Wildman–Crippen MR) is 111 cm³/mol. The SMILES string of the molecule is CCOc1ccc(N)c(C(=N)c2ccnc(N3CCSCC3)c2)c1.O.O.[HH]. The van der Waals surface area contributed by atoms with Gasteiger partial charge in [-0.25, -0.2) is 4.98 Å². The van der Waals surface area contributed by atoms with Crippen molar-refractivity contribution in [2.75, 3.05) is 41.8 Å². The van der Waals surface area contributed by atoms with Gasteiger partial charge in [0.05, 0.1) is 12.3 Å². The Hall–Kier alpha value is -2.29. The molecule has 1 fully saturated rings. The van der Waals surface area contributed by atoms with Crippen molar-refractivity contribution in [1.82, 2.24) is 4.98 Å². The monoisotopic (exact) mass is 380 g/mol. The highest BCUT2D eigenvalue weighted by Crippen LogP contribution is 2.24. The number of aromatic nitrogens is 1. The first-order chi connectivity index (χ1) is 11.7. The first-order valence-electron chi connectivity index (χ1n) is 8.09. The van der Waals surface area contributed by atoms with Gasteiger partial charge in [0.15, 0.2) is 0 Å². The first kappa shape index (κ1) is 21.8. The number of nitrogens with two attached hydrogens (primary N) is 1. The molecule has 2 heterocycles. The summed E-state index contributed by atoms with van der Waals surface area (Å²) in [5.41, 5.74) is 8.56. The summed E-state index contributed by atoms with van der Waals surface area (Å²) in [6, 6.07) is 9.29. The molecule has 26 heavy (non-hydrogen) atoms. The fourth-order valence-corrected chi connectivity index (χ4v) is 3.61. The Balaban J connectivity index is 0.00000225. The van der Waals surface area contributed by atoms with E-state index in [4.69, 9.17) is 15.9 Å². The van der Waals surface area contributed by atoms with E-state index in [0.29, 0.717) is 23.6 Å². The smallest absolute Gasteiger partial charge is 0.129 e. The molecular weight excluding hydrogens is 352 g/mol. The summed E-state index contributed by atoms with van der Waals surface area (Å²) >= 11 is 1.97. The van der Waals surface area contributed by atoms with Crippen LogP contribution in [0.1, 0.15) is 19.5 Å². The van der Waals surface area contributed by atoms with Crippen LogP contribution in [-0.2, 0) is 0 Å². The number of nitrogens with zero attached hydrogens (tertiary/aromatic N) is 2. The van der Waals surface area contributed by atoms with E-state index in [9.17, 15) is 0 Å². The van der Waals surface area contributed by atoms with Crippen LogP contribution in [0.25, 0.3) is 0 Å². The number of nitrogens with one attached hydrogen (secondary N) is 1. The van der Waals surface area contributed by atoms with E-state index in [0.717, 1.165) is 41.7 Å². The third-order valence-corrected chi connectivity index (χ3v) is 4.92. The molecule has 0 radical (unpaired) electrons. The van der Waals surface area contributed by atoms with Gasteiger partial charge in [-0.3, -0.25) is 5.41 Å². The van der Waals surface area contributed by atoms with Crippen LogP contribution >= 0.6 is 11.8 Å². The molecule has 0 spiro atoms. The molecule has 2 aromatic rings. The lowest BCUT2D eigenvalue weighted by atomic mass is 10.0. The van der Waals surface area contributed by atoms with Gasteiger partial charge in [-0.1, -0.05) is 0 Å². The predicted octanol–water partition coefficient (Wildman–Crippen LogP) is 1.63. The maximum Gasteiger partial charge on any atom is 0.129 e. The lowest BCUT2D eigenvalue weighted by Gasteiger charge is -2.27.